The van der Waals surface area contributed by atoms with E-state index < -0.39 is 32.5 Å². The predicted octanol–water partition coefficient (Wildman–Crippen LogP) is -6.68. The van der Waals surface area contributed by atoms with Gasteiger partial charge in [0.2, 0.25) is 0 Å². The lowest BCUT2D eigenvalue weighted by molar-refractivity contribution is -0.468. The summed E-state index contributed by atoms with van der Waals surface area (Å²) in [7, 11) is -16.1. The first kappa shape index (κ1) is 16.1. The molecule has 0 aromatic carbocycles. The average Bonchev–Trinajstić information content (AvgIpc) is 1.70. The molecule has 0 fully saturated rings. The zero-order valence-corrected chi connectivity index (χ0v) is 10.2. The van der Waals surface area contributed by atoms with Crippen LogP contribution in [0.15, 0.2) is 0 Å². The fourth-order valence-electron chi connectivity index (χ4n) is 0.356. The first-order chi connectivity index (χ1) is 6.79. The summed E-state index contributed by atoms with van der Waals surface area (Å²) in [4.78, 5) is 75.1. The van der Waals surface area contributed by atoms with Crippen molar-refractivity contribution in [2.45, 2.75) is 0 Å². The van der Waals surface area contributed by atoms with E-state index in [0.717, 1.165) is 0 Å². The molecule has 9 N–H and O–H groups in total. The Morgan fingerprint density at radius 1 is 0.500 bits per heavy atom. The van der Waals surface area contributed by atoms with Crippen molar-refractivity contribution in [2.24, 2.45) is 0 Å². The first-order valence-corrected chi connectivity index (χ1v) is 8.42. The van der Waals surface area contributed by atoms with Crippen LogP contribution in [0.5, 0.6) is 0 Å². The second-order valence-corrected chi connectivity index (χ2v) is 6.21. The second kappa shape index (κ2) is 5.19. The number of nitrogens with zero attached hydrogens (tertiary/aromatic N) is 1. The van der Waals surface area contributed by atoms with Gasteiger partial charge in [-0.1, -0.05) is 0 Å². The van der Waals surface area contributed by atoms with Crippen LogP contribution < -0.4 is 0 Å². The molecular weight excluding hydrogens is 290 g/mol. The van der Waals surface area contributed by atoms with Crippen LogP contribution in [-0.2, 0) is 13.6 Å². The first-order valence-electron chi connectivity index (χ1n) is 3.17. The summed E-state index contributed by atoms with van der Waals surface area (Å²) in [5.74, 6) is 0. The smallest absolute Gasteiger partial charge is 0.367 e. The fraction of sp³-hybridized carbons (Fsp3) is 0. The second-order valence-electron chi connectivity index (χ2n) is 2.22. The number of rotatable bonds is 6. The van der Waals surface area contributed by atoms with Crippen LogP contribution >= 0.6 is 0 Å². The fourth-order valence-corrected chi connectivity index (χ4v) is 1.40. The highest BCUT2D eigenvalue weighted by Crippen LogP contribution is 2.07. The van der Waals surface area contributed by atoms with Crippen LogP contribution in [0.25, 0.3) is 0 Å². The van der Waals surface area contributed by atoms with Crippen molar-refractivity contribution in [1.29, 1.82) is 0 Å². The zero-order chi connectivity index (χ0) is 13.2. The molecule has 0 rings (SSSR count). The molecule has 0 aliphatic rings. The molecule has 0 atom stereocenters. The van der Waals surface area contributed by atoms with E-state index in [9.17, 15) is 0 Å². The Balaban J connectivity index is 4.53. The van der Waals surface area contributed by atoms with Crippen molar-refractivity contribution in [2.75, 3.05) is 0 Å². The number of hydrogen-bond acceptors (Lipinski definition) is 13. The molecule has 0 aliphatic carbocycles. The normalized spacial score (nSPS) is 14.6. The summed E-state index contributed by atoms with van der Waals surface area (Å²) in [6.45, 7) is 0. The molecule has 98 valence electrons. The van der Waals surface area contributed by atoms with E-state index in [0.29, 0.717) is 0 Å². The Morgan fingerprint density at radius 2 is 0.688 bits per heavy atom. The molecule has 0 unspecified atom stereocenters. The minimum absolute atomic E-state index is 0.940. The molecule has 0 spiro atoms. The molecule has 16 heteroatoms. The minimum Gasteiger partial charge on any atom is -0.367 e. The van der Waals surface area contributed by atoms with E-state index in [1.165, 1.54) is 0 Å². The Morgan fingerprint density at radius 3 is 0.812 bits per heavy atom. The Hall–Kier alpha value is 0.131. The summed E-state index contributed by atoms with van der Waals surface area (Å²) in [6, 6.07) is 0. The van der Waals surface area contributed by atoms with Gasteiger partial charge in [-0.3, -0.25) is 0 Å². The van der Waals surface area contributed by atoms with E-state index >= 15 is 0 Å². The summed E-state index contributed by atoms with van der Waals surface area (Å²) < 4.78 is 10.5. The quantitative estimate of drug-likeness (QED) is 0.165. The molecule has 0 aromatic heterocycles. The summed E-state index contributed by atoms with van der Waals surface area (Å²) in [6.07, 6.45) is 0. The van der Waals surface area contributed by atoms with Crippen molar-refractivity contribution in [3.63, 3.8) is 0 Å². The standard InChI is InChI=1S/H9NO12Si3/c2-14(3,4)11-1(12-15(5,6)7)13-16(8,9)10/h2-10H. The molecule has 0 amide bonds. The monoisotopic (exact) mass is 299 g/mol. The molecule has 16 heavy (non-hydrogen) atoms. The van der Waals surface area contributed by atoms with Crippen molar-refractivity contribution >= 4 is 27.1 Å². The SMILES string of the molecule is O[Si](O)(O)ON(O[Si](O)(O)O)O[Si](O)(O)O. The third-order valence-corrected chi connectivity index (χ3v) is 1.77. The molecule has 0 saturated carbocycles. The topological polar surface area (TPSA) is 213 Å². The molecule has 0 saturated heterocycles. The van der Waals surface area contributed by atoms with Gasteiger partial charge in [0.1, 0.15) is 0 Å². The van der Waals surface area contributed by atoms with Crippen molar-refractivity contribution in [3.05, 3.63) is 0 Å². The molecule has 13 nitrogen and oxygen atoms in total. The van der Waals surface area contributed by atoms with Gasteiger partial charge >= 0.3 is 27.1 Å². The Bertz CT molecular complexity index is 170. The third kappa shape index (κ3) is 10.6. The van der Waals surface area contributed by atoms with Crippen LogP contribution in [0.3, 0.4) is 0 Å². The van der Waals surface area contributed by atoms with Gasteiger partial charge in [0.25, 0.3) is 0 Å². The van der Waals surface area contributed by atoms with Gasteiger partial charge in [-0.15, -0.1) is 0 Å². The highest BCUT2D eigenvalue weighted by molar-refractivity contribution is 6.50. The van der Waals surface area contributed by atoms with Crippen molar-refractivity contribution < 1.29 is 56.7 Å². The van der Waals surface area contributed by atoms with Crippen LogP contribution in [0.1, 0.15) is 0 Å². The van der Waals surface area contributed by atoms with Gasteiger partial charge in [0.15, 0.2) is 0 Å². The summed E-state index contributed by atoms with van der Waals surface area (Å²) in [5, 5.41) is -0.940. The highest BCUT2D eigenvalue weighted by Gasteiger charge is 2.47. The molecule has 0 aromatic rings. The van der Waals surface area contributed by atoms with Gasteiger partial charge in [0, 0.05) is 0 Å². The van der Waals surface area contributed by atoms with Gasteiger partial charge in [-0.05, 0) is 0 Å². The predicted molar refractivity (Wildman–Crippen MR) is 42.3 cm³/mol. The van der Waals surface area contributed by atoms with E-state index in [4.69, 9.17) is 43.2 Å². The lowest BCUT2D eigenvalue weighted by Crippen LogP contribution is -2.56. The maximum absolute atomic E-state index is 8.35. The maximum atomic E-state index is 8.35. The Labute approximate surface area is 90.1 Å². The zero-order valence-electron chi connectivity index (χ0n) is 7.20. The minimum atomic E-state index is -5.37. The summed E-state index contributed by atoms with van der Waals surface area (Å²) in [5.41, 5.74) is 0. The van der Waals surface area contributed by atoms with E-state index in [1.807, 2.05) is 0 Å². The van der Waals surface area contributed by atoms with Crippen LogP contribution in [0, 0.1) is 0 Å². The lowest BCUT2D eigenvalue weighted by atomic mass is 13.0. The van der Waals surface area contributed by atoms with E-state index in [2.05, 4.69) is 13.6 Å². The van der Waals surface area contributed by atoms with Gasteiger partial charge in [-0.25, -0.2) is 13.6 Å². The van der Waals surface area contributed by atoms with E-state index in [1.54, 1.807) is 0 Å². The van der Waals surface area contributed by atoms with Crippen molar-refractivity contribution in [1.82, 2.24) is 5.39 Å². The summed E-state index contributed by atoms with van der Waals surface area (Å²) >= 11 is 0. The molecule has 0 aliphatic heterocycles. The maximum Gasteiger partial charge on any atom is 0.692 e. The molecular formula is H9NO12Si3. The molecule has 0 radical (unpaired) electrons. The molecule has 0 bridgehead atoms. The largest absolute Gasteiger partial charge is 0.692 e. The van der Waals surface area contributed by atoms with Crippen LogP contribution in [0.2, 0.25) is 0 Å². The molecule has 0 heterocycles. The number of hydrogen-bond donors (Lipinski definition) is 9. The van der Waals surface area contributed by atoms with E-state index in [-0.39, 0.29) is 0 Å². The van der Waals surface area contributed by atoms with Gasteiger partial charge in [-0.2, -0.15) is 0 Å². The van der Waals surface area contributed by atoms with Gasteiger partial charge in [0.05, 0.1) is 5.39 Å². The lowest BCUT2D eigenvalue weighted by Gasteiger charge is -2.25. The van der Waals surface area contributed by atoms with Gasteiger partial charge < -0.3 is 43.2 Å². The average molecular weight is 299 g/mol. The Kier molecular flexibility index (Phi) is 5.23. The van der Waals surface area contributed by atoms with Crippen LogP contribution in [-0.4, -0.2) is 75.7 Å². The van der Waals surface area contributed by atoms with Crippen LogP contribution in [0.4, 0.5) is 0 Å². The van der Waals surface area contributed by atoms with Crippen molar-refractivity contribution in [3.8, 4) is 0 Å². The highest BCUT2D eigenvalue weighted by atomic mass is 28.4. The third-order valence-electron chi connectivity index (χ3n) is 0.591.